The summed E-state index contributed by atoms with van der Waals surface area (Å²) < 4.78 is 17.7. The average Bonchev–Trinajstić information content (AvgIpc) is 2.81. The first kappa shape index (κ1) is 12.8. The molecule has 1 atom stereocenters. The van der Waals surface area contributed by atoms with Gasteiger partial charge in [-0.25, -0.2) is 0 Å². The smallest absolute Gasteiger partial charge is 0.324 e. The predicted octanol–water partition coefficient (Wildman–Crippen LogP) is 3.68. The Kier molecular flexibility index (Phi) is 3.72. The molecule has 1 aliphatic carbocycles. The van der Waals surface area contributed by atoms with Crippen molar-refractivity contribution in [1.29, 1.82) is 0 Å². The Hall–Kier alpha value is -0.630. The highest BCUT2D eigenvalue weighted by atomic mass is 31.2. The summed E-state index contributed by atoms with van der Waals surface area (Å²) >= 11 is 0. The first-order chi connectivity index (χ1) is 8.12. The molecule has 0 radical (unpaired) electrons. The third-order valence-electron chi connectivity index (χ3n) is 3.59. The van der Waals surface area contributed by atoms with Crippen LogP contribution in [0, 0.1) is 0 Å². The third kappa shape index (κ3) is 2.20. The molecule has 1 aromatic rings. The predicted molar refractivity (Wildman–Crippen MR) is 68.0 cm³/mol. The Labute approximate surface area is 102 Å². The molecule has 0 aromatic heterocycles. The van der Waals surface area contributed by atoms with E-state index in [0.29, 0.717) is 0 Å². The molecule has 1 saturated carbocycles. The highest BCUT2D eigenvalue weighted by molar-refractivity contribution is 7.54. The lowest BCUT2D eigenvalue weighted by Gasteiger charge is -2.33. The third-order valence-corrected chi connectivity index (χ3v) is 5.98. The lowest BCUT2D eigenvalue weighted by molar-refractivity contribution is 0.244. The van der Waals surface area contributed by atoms with Crippen LogP contribution in [0.1, 0.15) is 38.2 Å². The fraction of sp³-hybridized carbons (Fsp3) is 0.538. The molecule has 1 aliphatic rings. The summed E-state index contributed by atoms with van der Waals surface area (Å²) in [5.74, 6) is 0. The van der Waals surface area contributed by atoms with Crippen LogP contribution in [0.3, 0.4) is 0 Å². The van der Waals surface area contributed by atoms with E-state index in [9.17, 15) is 9.46 Å². The van der Waals surface area contributed by atoms with E-state index in [0.717, 1.165) is 31.2 Å². The van der Waals surface area contributed by atoms with Gasteiger partial charge in [0, 0.05) is 0 Å². The van der Waals surface area contributed by atoms with Gasteiger partial charge in [0.25, 0.3) is 0 Å². The standard InChI is InChI=1S/C13H19O3P/c1-2-16-17(14,15)13(10-6-7-11-13)12-8-4-3-5-9-12/h3-5,8-9H,2,6-7,10-11H2,1H3,(H,14,15). The topological polar surface area (TPSA) is 46.5 Å². The molecule has 94 valence electrons. The zero-order valence-corrected chi connectivity index (χ0v) is 11.0. The Morgan fingerprint density at radius 3 is 2.41 bits per heavy atom. The van der Waals surface area contributed by atoms with Crippen LogP contribution in [-0.4, -0.2) is 11.5 Å². The fourth-order valence-electron chi connectivity index (χ4n) is 2.74. The second kappa shape index (κ2) is 4.93. The molecule has 0 aliphatic heterocycles. The van der Waals surface area contributed by atoms with E-state index in [1.165, 1.54) is 0 Å². The van der Waals surface area contributed by atoms with E-state index in [1.807, 2.05) is 30.3 Å². The quantitative estimate of drug-likeness (QED) is 0.834. The number of hydrogen-bond donors (Lipinski definition) is 1. The monoisotopic (exact) mass is 254 g/mol. The van der Waals surface area contributed by atoms with Gasteiger partial charge in [0.2, 0.25) is 0 Å². The average molecular weight is 254 g/mol. The van der Waals surface area contributed by atoms with Crippen molar-refractivity contribution < 1.29 is 14.0 Å². The maximum absolute atomic E-state index is 12.5. The van der Waals surface area contributed by atoms with Crippen LogP contribution in [0.25, 0.3) is 0 Å². The minimum atomic E-state index is -3.59. The molecular formula is C13H19O3P. The number of rotatable bonds is 4. The van der Waals surface area contributed by atoms with Crippen LogP contribution < -0.4 is 0 Å². The summed E-state index contributed by atoms with van der Waals surface area (Å²) in [5.41, 5.74) is 0.941. The second-order valence-electron chi connectivity index (χ2n) is 4.54. The molecule has 0 amide bonds. The molecule has 1 unspecified atom stereocenters. The van der Waals surface area contributed by atoms with E-state index in [2.05, 4.69) is 0 Å². The molecule has 0 spiro atoms. The molecule has 2 rings (SSSR count). The molecule has 0 heterocycles. The van der Waals surface area contributed by atoms with Gasteiger partial charge in [0.1, 0.15) is 0 Å². The summed E-state index contributed by atoms with van der Waals surface area (Å²) in [6, 6.07) is 9.64. The Morgan fingerprint density at radius 1 is 1.29 bits per heavy atom. The lowest BCUT2D eigenvalue weighted by atomic mass is 9.97. The molecule has 0 saturated heterocycles. The highest BCUT2D eigenvalue weighted by Crippen LogP contribution is 2.67. The van der Waals surface area contributed by atoms with Crippen molar-refractivity contribution in [2.24, 2.45) is 0 Å². The molecule has 3 nitrogen and oxygen atoms in total. The molecule has 1 fully saturated rings. The first-order valence-electron chi connectivity index (χ1n) is 6.15. The van der Waals surface area contributed by atoms with Crippen molar-refractivity contribution >= 4 is 7.60 Å². The molecular weight excluding hydrogens is 235 g/mol. The molecule has 1 N–H and O–H groups in total. The number of benzene rings is 1. The first-order valence-corrected chi connectivity index (χ1v) is 7.73. The maximum atomic E-state index is 12.5. The van der Waals surface area contributed by atoms with E-state index in [1.54, 1.807) is 6.92 Å². The molecule has 4 heteroatoms. The van der Waals surface area contributed by atoms with E-state index < -0.39 is 12.8 Å². The van der Waals surface area contributed by atoms with Gasteiger partial charge in [0.05, 0.1) is 11.8 Å². The van der Waals surface area contributed by atoms with Gasteiger partial charge in [-0.3, -0.25) is 4.57 Å². The molecule has 17 heavy (non-hydrogen) atoms. The Bertz CT molecular complexity index is 410. The van der Waals surface area contributed by atoms with Crippen molar-refractivity contribution in [3.05, 3.63) is 35.9 Å². The van der Waals surface area contributed by atoms with Crippen molar-refractivity contribution in [3.8, 4) is 0 Å². The van der Waals surface area contributed by atoms with Gasteiger partial charge in [-0.2, -0.15) is 0 Å². The van der Waals surface area contributed by atoms with Gasteiger partial charge in [0.15, 0.2) is 0 Å². The van der Waals surface area contributed by atoms with Gasteiger partial charge in [-0.15, -0.1) is 0 Å². The van der Waals surface area contributed by atoms with Crippen LogP contribution in [0.2, 0.25) is 0 Å². The zero-order chi connectivity index (χ0) is 12.4. The lowest BCUT2D eigenvalue weighted by Crippen LogP contribution is -2.23. The van der Waals surface area contributed by atoms with Crippen molar-refractivity contribution in [2.75, 3.05) is 6.61 Å². The summed E-state index contributed by atoms with van der Waals surface area (Å²) in [6.07, 6.45) is 3.47. The maximum Gasteiger partial charge on any atom is 0.338 e. The Balaban J connectivity index is 2.44. The summed E-state index contributed by atoms with van der Waals surface area (Å²) in [5, 5.41) is -0.676. The van der Waals surface area contributed by atoms with Crippen molar-refractivity contribution in [1.82, 2.24) is 0 Å². The van der Waals surface area contributed by atoms with Crippen molar-refractivity contribution in [2.45, 2.75) is 37.8 Å². The van der Waals surface area contributed by atoms with Crippen molar-refractivity contribution in [3.63, 3.8) is 0 Å². The minimum absolute atomic E-state index is 0.280. The van der Waals surface area contributed by atoms with Gasteiger partial charge < -0.3 is 9.42 Å². The van der Waals surface area contributed by atoms with Crippen LogP contribution in [-0.2, 0) is 14.2 Å². The SMILES string of the molecule is CCOP(=O)(O)C1(c2ccccc2)CCCC1. The minimum Gasteiger partial charge on any atom is -0.324 e. The van der Waals surface area contributed by atoms with Crippen LogP contribution in [0.15, 0.2) is 30.3 Å². The highest BCUT2D eigenvalue weighted by Gasteiger charge is 2.51. The Morgan fingerprint density at radius 2 is 1.88 bits per heavy atom. The van der Waals surface area contributed by atoms with Crippen LogP contribution in [0.5, 0.6) is 0 Å². The summed E-state index contributed by atoms with van der Waals surface area (Å²) in [7, 11) is -3.59. The zero-order valence-electron chi connectivity index (χ0n) is 10.1. The number of hydrogen-bond acceptors (Lipinski definition) is 2. The van der Waals surface area contributed by atoms with Gasteiger partial charge >= 0.3 is 7.60 Å². The fourth-order valence-corrected chi connectivity index (χ4v) is 4.70. The second-order valence-corrected chi connectivity index (χ2v) is 6.70. The summed E-state index contributed by atoms with van der Waals surface area (Å²) in [4.78, 5) is 10.3. The summed E-state index contributed by atoms with van der Waals surface area (Å²) in [6.45, 7) is 2.04. The van der Waals surface area contributed by atoms with Gasteiger partial charge in [-0.1, -0.05) is 43.2 Å². The van der Waals surface area contributed by atoms with Crippen LogP contribution >= 0.6 is 7.60 Å². The normalized spacial score (nSPS) is 22.2. The van der Waals surface area contributed by atoms with E-state index in [4.69, 9.17) is 4.52 Å². The van der Waals surface area contributed by atoms with E-state index in [-0.39, 0.29) is 6.61 Å². The van der Waals surface area contributed by atoms with Crippen LogP contribution in [0.4, 0.5) is 0 Å². The van der Waals surface area contributed by atoms with Gasteiger partial charge in [-0.05, 0) is 25.3 Å². The molecule has 1 aromatic carbocycles. The molecule has 0 bridgehead atoms. The largest absolute Gasteiger partial charge is 0.338 e. The van der Waals surface area contributed by atoms with E-state index >= 15 is 0 Å².